The molecule has 0 aromatic heterocycles. The van der Waals surface area contributed by atoms with Gasteiger partial charge in [-0.3, -0.25) is 19.9 Å². The van der Waals surface area contributed by atoms with Gasteiger partial charge in [0.25, 0.3) is 0 Å². The van der Waals surface area contributed by atoms with Gasteiger partial charge in [-0.2, -0.15) is 13.2 Å². The van der Waals surface area contributed by atoms with Gasteiger partial charge in [-0.25, -0.2) is 0 Å². The quantitative estimate of drug-likeness (QED) is 0.298. The van der Waals surface area contributed by atoms with Crippen LogP contribution < -0.4 is 20.5 Å². The molecule has 4 N–H and O–H groups in total. The van der Waals surface area contributed by atoms with E-state index in [0.29, 0.717) is 30.3 Å². The van der Waals surface area contributed by atoms with Crippen molar-refractivity contribution in [2.75, 3.05) is 20.7 Å². The third kappa shape index (κ3) is 6.03. The van der Waals surface area contributed by atoms with Crippen molar-refractivity contribution >= 4 is 24.2 Å². The number of halogens is 3. The average molecular weight is 464 g/mol. The second-order valence-corrected chi connectivity index (χ2v) is 6.63. The van der Waals surface area contributed by atoms with E-state index < -0.39 is 23.4 Å². The van der Waals surface area contributed by atoms with Crippen LogP contribution in [0.4, 0.5) is 13.2 Å². The van der Waals surface area contributed by atoms with Crippen LogP contribution in [-0.4, -0.2) is 43.8 Å². The summed E-state index contributed by atoms with van der Waals surface area (Å²) in [5.41, 5.74) is 4.49. The first kappa shape index (κ1) is 25.2. The SMILES string of the molecule is CCN(C=O)C(=N)/C(=C/c1ccc(Oc2ccc(C(N)=O)cc2C(F)(F)F)c(OC)c1)NC. The zero-order chi connectivity index (χ0) is 24.8. The van der Waals surface area contributed by atoms with Crippen LogP contribution in [0.2, 0.25) is 0 Å². The largest absolute Gasteiger partial charge is 0.493 e. The fourth-order valence-corrected chi connectivity index (χ4v) is 2.84. The summed E-state index contributed by atoms with van der Waals surface area (Å²) in [6.45, 7) is 2.02. The first-order valence-corrected chi connectivity index (χ1v) is 9.62. The Balaban J connectivity index is 2.45. The number of nitrogens with two attached hydrogens (primary N) is 1. The van der Waals surface area contributed by atoms with Crippen LogP contribution in [0.5, 0.6) is 17.2 Å². The van der Waals surface area contributed by atoms with Crippen LogP contribution in [0.1, 0.15) is 28.4 Å². The molecule has 33 heavy (non-hydrogen) atoms. The molecule has 0 unspecified atom stereocenters. The zero-order valence-electron chi connectivity index (χ0n) is 18.1. The van der Waals surface area contributed by atoms with E-state index in [1.54, 1.807) is 26.1 Å². The van der Waals surface area contributed by atoms with Gasteiger partial charge in [-0.05, 0) is 48.9 Å². The number of hydrogen-bond acceptors (Lipinski definition) is 6. The Morgan fingerprint density at radius 3 is 2.36 bits per heavy atom. The maximum Gasteiger partial charge on any atom is 0.420 e. The lowest BCUT2D eigenvalue weighted by atomic mass is 10.1. The minimum atomic E-state index is -4.79. The number of ether oxygens (including phenoxy) is 2. The Hall–Kier alpha value is -4.02. The Kier molecular flexibility index (Phi) is 8.05. The number of carbonyl (C=O) groups is 2. The summed E-state index contributed by atoms with van der Waals surface area (Å²) in [5, 5.41) is 11.0. The molecule has 8 nitrogen and oxygen atoms in total. The number of amides is 2. The van der Waals surface area contributed by atoms with E-state index >= 15 is 0 Å². The molecular formula is C22H23F3N4O4. The number of likely N-dealkylation sites (N-methyl/N-ethyl adjacent to an activating group) is 2. The van der Waals surface area contributed by atoms with E-state index in [0.717, 1.165) is 12.1 Å². The fourth-order valence-electron chi connectivity index (χ4n) is 2.84. The summed E-state index contributed by atoms with van der Waals surface area (Å²) in [7, 11) is 2.91. The van der Waals surface area contributed by atoms with Crippen molar-refractivity contribution in [2.45, 2.75) is 13.1 Å². The van der Waals surface area contributed by atoms with Crippen molar-refractivity contribution in [1.82, 2.24) is 10.2 Å². The van der Waals surface area contributed by atoms with Crippen LogP contribution in [-0.2, 0) is 11.0 Å². The first-order valence-electron chi connectivity index (χ1n) is 9.62. The monoisotopic (exact) mass is 464 g/mol. The van der Waals surface area contributed by atoms with Crippen molar-refractivity contribution in [3.05, 3.63) is 58.8 Å². The van der Waals surface area contributed by atoms with Gasteiger partial charge in [0.15, 0.2) is 17.3 Å². The molecule has 0 aliphatic heterocycles. The van der Waals surface area contributed by atoms with Crippen LogP contribution in [0, 0.1) is 5.41 Å². The predicted molar refractivity (Wildman–Crippen MR) is 116 cm³/mol. The molecular weight excluding hydrogens is 441 g/mol. The fraction of sp³-hybridized carbons (Fsp3) is 0.227. The average Bonchev–Trinajstić information content (AvgIpc) is 2.78. The molecule has 2 rings (SSSR count). The molecule has 0 saturated carbocycles. The van der Waals surface area contributed by atoms with Gasteiger partial charge < -0.3 is 20.5 Å². The van der Waals surface area contributed by atoms with Crippen molar-refractivity contribution in [3.8, 4) is 17.2 Å². The smallest absolute Gasteiger partial charge is 0.420 e. The van der Waals surface area contributed by atoms with Gasteiger partial charge in [-0.1, -0.05) is 6.07 Å². The molecule has 2 aromatic carbocycles. The second kappa shape index (κ2) is 10.5. The first-order chi connectivity index (χ1) is 15.5. The number of amidine groups is 1. The van der Waals surface area contributed by atoms with Gasteiger partial charge in [-0.15, -0.1) is 0 Å². The summed E-state index contributed by atoms with van der Waals surface area (Å²) in [6, 6.07) is 7.22. The summed E-state index contributed by atoms with van der Waals surface area (Å²) < 4.78 is 51.2. The Morgan fingerprint density at radius 2 is 1.85 bits per heavy atom. The Bertz CT molecular complexity index is 1080. The van der Waals surface area contributed by atoms with E-state index in [9.17, 15) is 22.8 Å². The topological polar surface area (TPSA) is 118 Å². The van der Waals surface area contributed by atoms with E-state index in [4.69, 9.17) is 20.6 Å². The molecule has 0 atom stereocenters. The number of benzene rings is 2. The minimum Gasteiger partial charge on any atom is -0.493 e. The number of carbonyl (C=O) groups excluding carboxylic acids is 2. The summed E-state index contributed by atoms with van der Waals surface area (Å²) in [6.07, 6.45) is -2.68. The molecule has 0 saturated heterocycles. The number of methoxy groups -OCH3 is 1. The lowest BCUT2D eigenvalue weighted by Crippen LogP contribution is -2.33. The van der Waals surface area contributed by atoms with Gasteiger partial charge in [0.05, 0.1) is 18.4 Å². The van der Waals surface area contributed by atoms with Gasteiger partial charge in [0.2, 0.25) is 12.3 Å². The van der Waals surface area contributed by atoms with Crippen molar-refractivity contribution < 1.29 is 32.2 Å². The van der Waals surface area contributed by atoms with Crippen LogP contribution >= 0.6 is 0 Å². The highest BCUT2D eigenvalue weighted by atomic mass is 19.4. The minimum absolute atomic E-state index is 0.00358. The normalized spacial score (nSPS) is 11.5. The van der Waals surface area contributed by atoms with E-state index in [1.165, 1.54) is 24.1 Å². The van der Waals surface area contributed by atoms with Crippen molar-refractivity contribution in [1.29, 1.82) is 5.41 Å². The standard InChI is InChI=1S/C22H23F3N4O4/c1-4-29(12-30)20(26)16(28-2)9-13-5-7-18(19(10-13)32-3)33-17-8-6-14(21(27)31)11-15(17)22(23,24)25/h5-12,26,28H,4H2,1-3H3,(H2,27,31)/b16-9-,26-20?. The third-order valence-corrected chi connectivity index (χ3v) is 4.57. The van der Waals surface area contributed by atoms with Crippen molar-refractivity contribution in [2.24, 2.45) is 5.73 Å². The van der Waals surface area contributed by atoms with Gasteiger partial charge in [0.1, 0.15) is 5.75 Å². The molecule has 0 fully saturated rings. The van der Waals surface area contributed by atoms with Gasteiger partial charge in [0, 0.05) is 19.2 Å². The number of nitrogens with one attached hydrogen (secondary N) is 2. The maximum atomic E-state index is 13.5. The van der Waals surface area contributed by atoms with Crippen LogP contribution in [0.25, 0.3) is 6.08 Å². The zero-order valence-corrected chi connectivity index (χ0v) is 18.1. The summed E-state index contributed by atoms with van der Waals surface area (Å²) >= 11 is 0. The highest BCUT2D eigenvalue weighted by Crippen LogP contribution is 2.41. The number of primary amides is 1. The Labute approximate surface area is 188 Å². The molecule has 176 valence electrons. The second-order valence-electron chi connectivity index (χ2n) is 6.63. The lowest BCUT2D eigenvalue weighted by molar-refractivity contribution is -0.138. The number of rotatable bonds is 9. The predicted octanol–water partition coefficient (Wildman–Crippen LogP) is 3.62. The van der Waals surface area contributed by atoms with Crippen LogP contribution in [0.3, 0.4) is 0 Å². The van der Waals surface area contributed by atoms with E-state index in [-0.39, 0.29) is 22.9 Å². The molecule has 0 aliphatic carbocycles. The molecule has 2 aromatic rings. The van der Waals surface area contributed by atoms with Crippen molar-refractivity contribution in [3.63, 3.8) is 0 Å². The molecule has 0 spiro atoms. The number of nitrogens with zero attached hydrogens (tertiary/aromatic N) is 1. The molecule has 0 heterocycles. The molecule has 0 bridgehead atoms. The van der Waals surface area contributed by atoms with Gasteiger partial charge >= 0.3 is 6.18 Å². The third-order valence-electron chi connectivity index (χ3n) is 4.57. The number of alkyl halides is 3. The molecule has 0 radical (unpaired) electrons. The molecule has 0 aliphatic rings. The maximum absolute atomic E-state index is 13.5. The van der Waals surface area contributed by atoms with Crippen LogP contribution in [0.15, 0.2) is 42.1 Å². The lowest BCUT2D eigenvalue weighted by Gasteiger charge is -2.19. The highest BCUT2D eigenvalue weighted by molar-refractivity contribution is 6.04. The van der Waals surface area contributed by atoms with E-state index in [2.05, 4.69) is 5.32 Å². The highest BCUT2D eigenvalue weighted by Gasteiger charge is 2.35. The number of hydrogen-bond donors (Lipinski definition) is 3. The summed E-state index contributed by atoms with van der Waals surface area (Å²) in [4.78, 5) is 23.6. The summed E-state index contributed by atoms with van der Waals surface area (Å²) in [5.74, 6) is -1.46. The molecule has 2 amide bonds. The van der Waals surface area contributed by atoms with E-state index in [1.807, 2.05) is 0 Å². The Morgan fingerprint density at radius 1 is 1.18 bits per heavy atom. The molecule has 11 heteroatoms.